The van der Waals surface area contributed by atoms with E-state index in [1.165, 1.54) is 0 Å². The van der Waals surface area contributed by atoms with Crippen LogP contribution in [-0.2, 0) is 0 Å². The minimum atomic E-state index is 0.0972. The fourth-order valence-electron chi connectivity index (χ4n) is 0. The topological polar surface area (TPSA) is 23.8 Å². The van der Waals surface area contributed by atoms with Crippen LogP contribution in [0.4, 0.5) is 0 Å². The molecule has 4 heavy (non-hydrogen) atoms. The first-order valence-corrected chi connectivity index (χ1v) is 0.996. The molecule has 1 heteroatoms. The Balaban J connectivity index is 2.43. The van der Waals surface area contributed by atoms with Gasteiger partial charge in [-0.25, -0.2) is 5.73 Å². The Morgan fingerprint density at radius 3 is 2.25 bits per heavy atom. The Bertz CT molecular complexity index is 33.0. The van der Waals surface area contributed by atoms with E-state index in [1.807, 2.05) is 0 Å². The van der Waals surface area contributed by atoms with E-state index in [2.05, 4.69) is 12.3 Å². The maximum absolute atomic E-state index is 6.22. The van der Waals surface area contributed by atoms with Crippen molar-refractivity contribution in [2.24, 2.45) is 0 Å². The Kier molecular flexibility index (Phi) is 2.22. The van der Waals surface area contributed by atoms with Gasteiger partial charge in [0.25, 0.3) is 0 Å². The maximum atomic E-state index is 6.22. The second kappa shape index (κ2) is 2.52. The van der Waals surface area contributed by atoms with Crippen molar-refractivity contribution in [1.82, 2.24) is 5.73 Å². The summed E-state index contributed by atoms with van der Waals surface area (Å²) >= 11 is 0. The van der Waals surface area contributed by atoms with Gasteiger partial charge in [-0.15, -0.1) is 6.42 Å². The lowest BCUT2D eigenvalue weighted by atomic mass is 10.7. The zero-order chi connectivity index (χ0) is 3.41. The summed E-state index contributed by atoms with van der Waals surface area (Å²) in [6, 6.07) is 0. The minimum absolute atomic E-state index is 0.0972. The molecule has 0 aliphatic rings. The van der Waals surface area contributed by atoms with Crippen LogP contribution in [0.25, 0.3) is 0 Å². The fourth-order valence-corrected chi connectivity index (χ4v) is 0. The molecule has 0 spiro atoms. The Labute approximate surface area is 25.8 Å². The molecule has 0 aromatic rings. The molecular formula is C3H4N. The van der Waals surface area contributed by atoms with Gasteiger partial charge in [-0.3, -0.25) is 0 Å². The Hall–Kier alpha value is -0.480. The van der Waals surface area contributed by atoms with Crippen molar-refractivity contribution >= 4 is 0 Å². The van der Waals surface area contributed by atoms with Crippen LogP contribution in [0.3, 0.4) is 0 Å². The van der Waals surface area contributed by atoms with Crippen LogP contribution in [0, 0.1) is 12.3 Å². The highest BCUT2D eigenvalue weighted by Gasteiger charge is 1.43. The first kappa shape index (κ1) is 3.52. The second-order valence-corrected chi connectivity index (χ2v) is 0.381. The SMILES string of the molecule is C#CC[NH]. The van der Waals surface area contributed by atoms with Crippen LogP contribution in [0.15, 0.2) is 0 Å². The van der Waals surface area contributed by atoms with Crippen LogP contribution >= 0.6 is 0 Å². The molecular weight excluding hydrogens is 50.0 g/mol. The lowest BCUT2D eigenvalue weighted by Gasteiger charge is -1.53. The van der Waals surface area contributed by atoms with Crippen LogP contribution in [-0.4, -0.2) is 6.54 Å². The van der Waals surface area contributed by atoms with Crippen molar-refractivity contribution in [3.8, 4) is 12.3 Å². The fraction of sp³-hybridized carbons (Fsp3) is 0.333. The van der Waals surface area contributed by atoms with Crippen molar-refractivity contribution in [2.75, 3.05) is 6.54 Å². The minimum Gasteiger partial charge on any atom is -0.245 e. The molecule has 0 saturated carbocycles. The summed E-state index contributed by atoms with van der Waals surface area (Å²) in [5.74, 6) is 2.10. The highest BCUT2D eigenvalue weighted by molar-refractivity contribution is 4.83. The lowest BCUT2D eigenvalue weighted by molar-refractivity contribution is 1.24. The molecule has 0 aromatic heterocycles. The van der Waals surface area contributed by atoms with E-state index >= 15 is 0 Å². The third-order valence-corrected chi connectivity index (χ3v) is 0.102. The predicted octanol–water partition coefficient (Wildman–Crippen LogP) is -0.0975. The van der Waals surface area contributed by atoms with Crippen LogP contribution < -0.4 is 5.73 Å². The zero-order valence-electron chi connectivity index (χ0n) is 2.28. The largest absolute Gasteiger partial charge is 0.245 e. The lowest BCUT2D eigenvalue weighted by Crippen LogP contribution is -1.69. The van der Waals surface area contributed by atoms with Crippen molar-refractivity contribution < 1.29 is 0 Å². The first-order chi connectivity index (χ1) is 1.91. The van der Waals surface area contributed by atoms with Gasteiger partial charge in [0.1, 0.15) is 0 Å². The van der Waals surface area contributed by atoms with E-state index < -0.39 is 0 Å². The number of nitrogens with one attached hydrogen (secondary N) is 1. The van der Waals surface area contributed by atoms with Gasteiger partial charge in [0.15, 0.2) is 0 Å². The van der Waals surface area contributed by atoms with Gasteiger partial charge in [0.2, 0.25) is 0 Å². The average molecular weight is 54.1 g/mol. The molecule has 0 saturated heterocycles. The number of hydrogen-bond acceptors (Lipinski definition) is 0. The molecule has 0 amide bonds. The molecule has 0 fully saturated rings. The van der Waals surface area contributed by atoms with E-state index in [9.17, 15) is 0 Å². The number of terminal acetylenes is 1. The molecule has 0 aliphatic carbocycles. The van der Waals surface area contributed by atoms with E-state index in [-0.39, 0.29) is 6.54 Å². The summed E-state index contributed by atoms with van der Waals surface area (Å²) in [6.07, 6.45) is 4.59. The van der Waals surface area contributed by atoms with Gasteiger partial charge >= 0.3 is 0 Å². The van der Waals surface area contributed by atoms with Gasteiger partial charge in [0, 0.05) is 0 Å². The monoisotopic (exact) mass is 54.0 g/mol. The van der Waals surface area contributed by atoms with Crippen molar-refractivity contribution in [3.63, 3.8) is 0 Å². The first-order valence-electron chi connectivity index (χ1n) is 0.996. The maximum Gasteiger partial charge on any atom is 0.0709 e. The van der Waals surface area contributed by atoms with E-state index in [0.717, 1.165) is 0 Å². The van der Waals surface area contributed by atoms with Crippen molar-refractivity contribution in [3.05, 3.63) is 0 Å². The summed E-state index contributed by atoms with van der Waals surface area (Å²) in [4.78, 5) is 0. The van der Waals surface area contributed by atoms with E-state index in [0.29, 0.717) is 0 Å². The molecule has 0 aliphatic heterocycles. The highest BCUT2D eigenvalue weighted by atomic mass is 14.5. The van der Waals surface area contributed by atoms with E-state index in [1.54, 1.807) is 0 Å². The molecule has 0 unspecified atom stereocenters. The summed E-state index contributed by atoms with van der Waals surface area (Å²) in [7, 11) is 0. The zero-order valence-corrected chi connectivity index (χ0v) is 2.28. The van der Waals surface area contributed by atoms with Gasteiger partial charge < -0.3 is 0 Å². The second-order valence-electron chi connectivity index (χ2n) is 0.381. The summed E-state index contributed by atoms with van der Waals surface area (Å²) in [5, 5.41) is 0. The van der Waals surface area contributed by atoms with Crippen molar-refractivity contribution in [2.45, 2.75) is 0 Å². The normalized spacial score (nSPS) is 5.00. The molecule has 0 rings (SSSR count). The van der Waals surface area contributed by atoms with Crippen LogP contribution in [0.5, 0.6) is 0 Å². The molecule has 0 bridgehead atoms. The predicted molar refractivity (Wildman–Crippen MR) is 16.8 cm³/mol. The summed E-state index contributed by atoms with van der Waals surface area (Å²) in [6.45, 7) is 0.0972. The number of hydrogen-bond donors (Lipinski definition) is 0. The molecule has 1 N–H and O–H groups in total. The van der Waals surface area contributed by atoms with Gasteiger partial charge in [-0.2, -0.15) is 0 Å². The Morgan fingerprint density at radius 2 is 2.25 bits per heavy atom. The molecule has 0 atom stereocenters. The van der Waals surface area contributed by atoms with E-state index in [4.69, 9.17) is 5.73 Å². The number of rotatable bonds is 0. The molecule has 1 nitrogen and oxygen atoms in total. The van der Waals surface area contributed by atoms with Gasteiger partial charge in [-0.05, 0) is 0 Å². The highest BCUT2D eigenvalue weighted by Crippen LogP contribution is 1.31. The van der Waals surface area contributed by atoms with Gasteiger partial charge in [0.05, 0.1) is 6.54 Å². The van der Waals surface area contributed by atoms with Crippen molar-refractivity contribution in [1.29, 1.82) is 0 Å². The third-order valence-electron chi connectivity index (χ3n) is 0.102. The standard InChI is InChI=1S/C3H4N/c1-2-3-4/h1,4H,3H2. The molecule has 21 valence electrons. The summed E-state index contributed by atoms with van der Waals surface area (Å²) < 4.78 is 0. The Morgan fingerprint density at radius 1 is 2.00 bits per heavy atom. The quantitative estimate of drug-likeness (QED) is 0.345. The van der Waals surface area contributed by atoms with Crippen LogP contribution in [0.1, 0.15) is 0 Å². The summed E-state index contributed by atoms with van der Waals surface area (Å²) in [5.41, 5.74) is 6.22. The molecule has 1 radical (unpaired) electrons. The van der Waals surface area contributed by atoms with Gasteiger partial charge in [-0.1, -0.05) is 5.92 Å². The molecule has 0 heterocycles. The van der Waals surface area contributed by atoms with Crippen LogP contribution in [0.2, 0.25) is 0 Å². The smallest absolute Gasteiger partial charge is 0.0709 e. The third kappa shape index (κ3) is 1.52. The average Bonchev–Trinajstić information content (AvgIpc) is 1.37. The molecule has 0 aromatic carbocycles.